The maximum Gasteiger partial charge on any atom is 0.0930 e. The fourth-order valence-electron chi connectivity index (χ4n) is 2.66. The fraction of sp³-hybridized carbons (Fsp3) is 0.438. The van der Waals surface area contributed by atoms with Crippen molar-refractivity contribution in [2.45, 2.75) is 26.1 Å². The molecule has 1 aliphatic heterocycles. The Balaban J connectivity index is 1.69. The Kier molecular flexibility index (Phi) is 3.59. The summed E-state index contributed by atoms with van der Waals surface area (Å²) >= 11 is 0. The van der Waals surface area contributed by atoms with Crippen molar-refractivity contribution in [3.63, 3.8) is 0 Å². The van der Waals surface area contributed by atoms with Crippen LogP contribution in [0.4, 0.5) is 0 Å². The average Bonchev–Trinajstić information content (AvgIpc) is 2.87. The first-order chi connectivity index (χ1) is 9.62. The molecule has 0 bridgehead atoms. The predicted molar refractivity (Wildman–Crippen MR) is 79.3 cm³/mol. The third-order valence-electron chi connectivity index (χ3n) is 3.59. The lowest BCUT2D eigenvalue weighted by Crippen LogP contribution is -2.48. The minimum Gasteiger partial charge on any atom is -0.373 e. The first-order valence-corrected chi connectivity index (χ1v) is 7.07. The van der Waals surface area contributed by atoms with Gasteiger partial charge in [0.15, 0.2) is 0 Å². The zero-order valence-corrected chi connectivity index (χ0v) is 12.1. The van der Waals surface area contributed by atoms with Gasteiger partial charge in [-0.05, 0) is 19.4 Å². The topological polar surface area (TPSA) is 30.3 Å². The molecule has 1 fully saturated rings. The summed E-state index contributed by atoms with van der Waals surface area (Å²) < 4.78 is 7.74. The lowest BCUT2D eigenvalue weighted by atomic mass is 10.1. The van der Waals surface area contributed by atoms with Gasteiger partial charge >= 0.3 is 0 Å². The Hall–Kier alpha value is -1.65. The molecule has 106 valence electrons. The molecule has 1 saturated heterocycles. The molecule has 0 aliphatic carbocycles. The molecule has 1 aromatic heterocycles. The highest BCUT2D eigenvalue weighted by atomic mass is 16.5. The molecule has 0 unspecified atom stereocenters. The van der Waals surface area contributed by atoms with Crippen molar-refractivity contribution in [1.29, 1.82) is 0 Å². The predicted octanol–water partition coefficient (Wildman–Crippen LogP) is 2.62. The molecule has 0 spiro atoms. The maximum atomic E-state index is 5.74. The summed E-state index contributed by atoms with van der Waals surface area (Å²) in [6, 6.07) is 10.4. The van der Waals surface area contributed by atoms with E-state index in [-0.39, 0.29) is 5.60 Å². The van der Waals surface area contributed by atoms with Gasteiger partial charge in [0.2, 0.25) is 0 Å². The van der Waals surface area contributed by atoms with Crippen molar-refractivity contribution >= 4 is 0 Å². The summed E-state index contributed by atoms with van der Waals surface area (Å²) in [5.74, 6) is 0. The lowest BCUT2D eigenvalue weighted by Gasteiger charge is -2.37. The molecule has 2 heterocycles. The maximum absolute atomic E-state index is 5.74. The molecular weight excluding hydrogens is 250 g/mol. The standard InChI is InChI=1S/C16H21N3O/c1-16(2)12-18(8-9-20-16)13-19-11-15(10-17-19)14-6-4-3-5-7-14/h3-7,10-11H,8-9,12-13H2,1-2H3. The monoisotopic (exact) mass is 271 g/mol. The van der Waals surface area contributed by atoms with Crippen LogP contribution >= 0.6 is 0 Å². The number of hydrogen-bond donors (Lipinski definition) is 0. The molecule has 1 aromatic carbocycles. The molecule has 0 N–H and O–H groups in total. The van der Waals surface area contributed by atoms with Crippen molar-refractivity contribution in [2.75, 3.05) is 19.7 Å². The second kappa shape index (κ2) is 5.38. The molecule has 0 atom stereocenters. The summed E-state index contributed by atoms with van der Waals surface area (Å²) in [6.07, 6.45) is 4.04. The van der Waals surface area contributed by atoms with Gasteiger partial charge in [-0.1, -0.05) is 30.3 Å². The van der Waals surface area contributed by atoms with E-state index < -0.39 is 0 Å². The van der Waals surface area contributed by atoms with E-state index >= 15 is 0 Å². The smallest absolute Gasteiger partial charge is 0.0930 e. The van der Waals surface area contributed by atoms with Crippen LogP contribution in [0.2, 0.25) is 0 Å². The molecular formula is C16H21N3O. The van der Waals surface area contributed by atoms with E-state index in [0.29, 0.717) is 0 Å². The van der Waals surface area contributed by atoms with Gasteiger partial charge in [-0.2, -0.15) is 5.10 Å². The van der Waals surface area contributed by atoms with Crippen molar-refractivity contribution in [3.05, 3.63) is 42.7 Å². The first kappa shape index (κ1) is 13.3. The van der Waals surface area contributed by atoms with Gasteiger partial charge in [0.25, 0.3) is 0 Å². The minimum absolute atomic E-state index is 0.0618. The van der Waals surface area contributed by atoms with Gasteiger partial charge in [0, 0.05) is 24.8 Å². The number of aromatic nitrogens is 2. The summed E-state index contributed by atoms with van der Waals surface area (Å²) in [4.78, 5) is 2.38. The SMILES string of the molecule is CC1(C)CN(Cn2cc(-c3ccccc3)cn2)CCO1. The molecule has 2 aromatic rings. The summed E-state index contributed by atoms with van der Waals surface area (Å²) in [6.45, 7) is 7.78. The molecule has 20 heavy (non-hydrogen) atoms. The Labute approximate surface area is 120 Å². The highest BCUT2D eigenvalue weighted by Gasteiger charge is 2.27. The van der Waals surface area contributed by atoms with Crippen molar-refractivity contribution in [3.8, 4) is 11.1 Å². The lowest BCUT2D eigenvalue weighted by molar-refractivity contribution is -0.0945. The van der Waals surface area contributed by atoms with Crippen LogP contribution in [0.3, 0.4) is 0 Å². The van der Waals surface area contributed by atoms with Gasteiger partial charge < -0.3 is 4.74 Å². The quantitative estimate of drug-likeness (QED) is 0.859. The summed E-state index contributed by atoms with van der Waals surface area (Å²) in [5.41, 5.74) is 2.31. The molecule has 4 heteroatoms. The molecule has 3 rings (SSSR count). The summed E-state index contributed by atoms with van der Waals surface area (Å²) in [5, 5.41) is 4.47. The second-order valence-corrected chi connectivity index (χ2v) is 5.94. The molecule has 4 nitrogen and oxygen atoms in total. The van der Waals surface area contributed by atoms with Crippen LogP contribution < -0.4 is 0 Å². The normalized spacial score (nSPS) is 19.1. The zero-order chi connectivity index (χ0) is 14.0. The van der Waals surface area contributed by atoms with Gasteiger partial charge in [0.05, 0.1) is 25.1 Å². The Bertz CT molecular complexity index is 562. The number of nitrogens with zero attached hydrogens (tertiary/aromatic N) is 3. The third kappa shape index (κ3) is 3.08. The van der Waals surface area contributed by atoms with E-state index in [9.17, 15) is 0 Å². The van der Waals surface area contributed by atoms with Crippen LogP contribution in [0.15, 0.2) is 42.7 Å². The highest BCUT2D eigenvalue weighted by Crippen LogP contribution is 2.19. The Morgan fingerprint density at radius 3 is 2.75 bits per heavy atom. The number of benzene rings is 1. The van der Waals surface area contributed by atoms with Gasteiger partial charge in [-0.3, -0.25) is 9.58 Å². The zero-order valence-electron chi connectivity index (χ0n) is 12.1. The number of hydrogen-bond acceptors (Lipinski definition) is 3. The molecule has 0 saturated carbocycles. The second-order valence-electron chi connectivity index (χ2n) is 5.94. The van der Waals surface area contributed by atoms with Crippen LogP contribution in [-0.4, -0.2) is 40.0 Å². The first-order valence-electron chi connectivity index (χ1n) is 7.07. The Morgan fingerprint density at radius 1 is 1.20 bits per heavy atom. The molecule has 0 amide bonds. The van der Waals surface area contributed by atoms with Crippen LogP contribution in [0.1, 0.15) is 13.8 Å². The van der Waals surface area contributed by atoms with E-state index in [1.165, 1.54) is 5.56 Å². The highest BCUT2D eigenvalue weighted by molar-refractivity contribution is 5.61. The van der Waals surface area contributed by atoms with Gasteiger partial charge in [-0.15, -0.1) is 0 Å². The minimum atomic E-state index is -0.0618. The van der Waals surface area contributed by atoms with Crippen molar-refractivity contribution < 1.29 is 4.74 Å². The van der Waals surface area contributed by atoms with Crippen LogP contribution in [-0.2, 0) is 11.4 Å². The van der Waals surface area contributed by atoms with E-state index in [1.54, 1.807) is 0 Å². The van der Waals surface area contributed by atoms with Gasteiger partial charge in [-0.25, -0.2) is 0 Å². The van der Waals surface area contributed by atoms with E-state index in [4.69, 9.17) is 4.74 Å². The van der Waals surface area contributed by atoms with Crippen LogP contribution in [0.25, 0.3) is 11.1 Å². The average molecular weight is 271 g/mol. The molecule has 1 aliphatic rings. The summed E-state index contributed by atoms with van der Waals surface area (Å²) in [7, 11) is 0. The largest absolute Gasteiger partial charge is 0.373 e. The number of morpholine rings is 1. The van der Waals surface area contributed by atoms with Gasteiger partial charge in [0.1, 0.15) is 0 Å². The van der Waals surface area contributed by atoms with E-state index in [0.717, 1.165) is 31.9 Å². The third-order valence-corrected chi connectivity index (χ3v) is 3.59. The molecule has 0 radical (unpaired) electrons. The number of rotatable bonds is 3. The van der Waals surface area contributed by atoms with E-state index in [1.807, 2.05) is 16.9 Å². The number of ether oxygens (including phenoxy) is 1. The Morgan fingerprint density at radius 2 is 2.00 bits per heavy atom. The fourth-order valence-corrected chi connectivity index (χ4v) is 2.66. The van der Waals surface area contributed by atoms with Crippen LogP contribution in [0, 0.1) is 0 Å². The van der Waals surface area contributed by atoms with Crippen molar-refractivity contribution in [1.82, 2.24) is 14.7 Å². The van der Waals surface area contributed by atoms with E-state index in [2.05, 4.69) is 54.3 Å². The van der Waals surface area contributed by atoms with Crippen molar-refractivity contribution in [2.24, 2.45) is 0 Å². The van der Waals surface area contributed by atoms with Crippen LogP contribution in [0.5, 0.6) is 0 Å².